The van der Waals surface area contributed by atoms with E-state index in [0.29, 0.717) is 24.9 Å². The van der Waals surface area contributed by atoms with Gasteiger partial charge >= 0.3 is 0 Å². The third-order valence-corrected chi connectivity index (χ3v) is 4.86. The Hall–Kier alpha value is -1.40. The van der Waals surface area contributed by atoms with Crippen LogP contribution >= 0.6 is 11.3 Å². The number of thiophene rings is 1. The minimum atomic E-state index is -0.0659. The highest BCUT2D eigenvalue weighted by Gasteiger charge is 2.26. The monoisotopic (exact) mass is 323 g/mol. The molecular formula is C16H25N3O2S. The molecule has 1 aliphatic heterocycles. The predicted molar refractivity (Wildman–Crippen MR) is 89.1 cm³/mol. The second-order valence-electron chi connectivity index (χ2n) is 6.21. The van der Waals surface area contributed by atoms with E-state index in [1.54, 1.807) is 6.07 Å². The molecule has 1 aromatic rings. The number of amides is 2. The lowest BCUT2D eigenvalue weighted by atomic mass is 9.81. The van der Waals surface area contributed by atoms with Gasteiger partial charge in [0.25, 0.3) is 5.91 Å². The Morgan fingerprint density at radius 3 is 2.77 bits per heavy atom. The quantitative estimate of drug-likeness (QED) is 0.670. The lowest BCUT2D eigenvalue weighted by Crippen LogP contribution is -2.43. The first-order valence-corrected chi connectivity index (χ1v) is 8.81. The van der Waals surface area contributed by atoms with Crippen LogP contribution in [0.15, 0.2) is 16.8 Å². The van der Waals surface area contributed by atoms with Gasteiger partial charge in [-0.1, -0.05) is 6.92 Å². The Morgan fingerprint density at radius 1 is 1.32 bits per heavy atom. The van der Waals surface area contributed by atoms with Crippen molar-refractivity contribution in [2.45, 2.75) is 32.6 Å². The summed E-state index contributed by atoms with van der Waals surface area (Å²) in [6.07, 6.45) is 3.33. The van der Waals surface area contributed by atoms with Crippen LogP contribution in [0.5, 0.6) is 0 Å². The summed E-state index contributed by atoms with van der Waals surface area (Å²) >= 11 is 1.50. The molecule has 0 bridgehead atoms. The first-order chi connectivity index (χ1) is 10.6. The van der Waals surface area contributed by atoms with Crippen molar-refractivity contribution >= 4 is 23.2 Å². The fourth-order valence-electron chi connectivity index (χ4n) is 2.55. The number of nitrogens with one attached hydrogen (secondary N) is 3. The molecule has 0 aromatic carbocycles. The van der Waals surface area contributed by atoms with Gasteiger partial charge in [-0.3, -0.25) is 9.59 Å². The maximum Gasteiger partial charge on any atom is 0.252 e. The standard InChI is InChI=1S/C16H25N3O2S/c1-16(5-8-17-9-6-16)12-19-14(20)3-2-7-18-15(21)13-4-10-22-11-13/h4,10-11,17H,2-3,5-9,12H2,1H3,(H,18,21)(H,19,20). The smallest absolute Gasteiger partial charge is 0.252 e. The van der Waals surface area contributed by atoms with E-state index >= 15 is 0 Å². The van der Waals surface area contributed by atoms with E-state index in [9.17, 15) is 9.59 Å². The van der Waals surface area contributed by atoms with Crippen LogP contribution in [0, 0.1) is 5.41 Å². The number of hydrogen-bond donors (Lipinski definition) is 3. The van der Waals surface area contributed by atoms with Gasteiger partial charge < -0.3 is 16.0 Å². The van der Waals surface area contributed by atoms with E-state index in [-0.39, 0.29) is 17.2 Å². The number of rotatable bonds is 7. The van der Waals surface area contributed by atoms with Gasteiger partial charge in [-0.25, -0.2) is 0 Å². The summed E-state index contributed by atoms with van der Waals surface area (Å²) in [6, 6.07) is 1.80. The molecule has 1 aromatic heterocycles. The van der Waals surface area contributed by atoms with Crippen molar-refractivity contribution < 1.29 is 9.59 Å². The molecule has 6 heteroatoms. The summed E-state index contributed by atoms with van der Waals surface area (Å²) in [5.41, 5.74) is 0.905. The molecule has 22 heavy (non-hydrogen) atoms. The van der Waals surface area contributed by atoms with Gasteiger partial charge in [0, 0.05) is 30.5 Å². The lowest BCUT2D eigenvalue weighted by molar-refractivity contribution is -0.121. The second-order valence-corrected chi connectivity index (χ2v) is 6.99. The molecule has 3 N–H and O–H groups in total. The Kier molecular flexibility index (Phi) is 6.39. The largest absolute Gasteiger partial charge is 0.356 e. The van der Waals surface area contributed by atoms with Crippen molar-refractivity contribution in [3.8, 4) is 0 Å². The molecular weight excluding hydrogens is 298 g/mol. The van der Waals surface area contributed by atoms with Crippen molar-refractivity contribution in [1.82, 2.24) is 16.0 Å². The average Bonchev–Trinajstić information content (AvgIpc) is 3.05. The van der Waals surface area contributed by atoms with Crippen molar-refractivity contribution in [2.24, 2.45) is 5.41 Å². The summed E-state index contributed by atoms with van der Waals surface area (Å²) in [7, 11) is 0. The van der Waals surface area contributed by atoms with Gasteiger partial charge in [-0.15, -0.1) is 0 Å². The Bertz CT molecular complexity index is 482. The van der Waals surface area contributed by atoms with E-state index < -0.39 is 0 Å². The number of carbonyl (C=O) groups excluding carboxylic acids is 2. The van der Waals surface area contributed by atoms with Gasteiger partial charge in [0.1, 0.15) is 0 Å². The summed E-state index contributed by atoms with van der Waals surface area (Å²) in [5, 5.41) is 12.9. The minimum Gasteiger partial charge on any atom is -0.356 e. The predicted octanol–water partition coefficient (Wildman–Crippen LogP) is 1.76. The molecule has 0 unspecified atom stereocenters. The highest BCUT2D eigenvalue weighted by atomic mass is 32.1. The zero-order valence-corrected chi connectivity index (χ0v) is 13.9. The van der Waals surface area contributed by atoms with Crippen LogP contribution in [0.4, 0.5) is 0 Å². The minimum absolute atomic E-state index is 0.0659. The topological polar surface area (TPSA) is 70.2 Å². The normalized spacial score (nSPS) is 17.0. The Balaban J connectivity index is 1.57. The van der Waals surface area contributed by atoms with Gasteiger partial charge in [-0.2, -0.15) is 11.3 Å². The molecule has 0 saturated carbocycles. The van der Waals surface area contributed by atoms with Crippen molar-refractivity contribution in [2.75, 3.05) is 26.2 Å². The summed E-state index contributed by atoms with van der Waals surface area (Å²) in [6.45, 7) is 5.56. The molecule has 2 heterocycles. The molecule has 0 atom stereocenters. The van der Waals surface area contributed by atoms with Crippen LogP contribution < -0.4 is 16.0 Å². The summed E-state index contributed by atoms with van der Waals surface area (Å²) in [4.78, 5) is 23.6. The summed E-state index contributed by atoms with van der Waals surface area (Å²) in [5.74, 6) is 0.00779. The first-order valence-electron chi connectivity index (χ1n) is 7.87. The second kappa shape index (κ2) is 8.29. The van der Waals surface area contributed by atoms with Crippen LogP contribution in [0.2, 0.25) is 0 Å². The van der Waals surface area contributed by atoms with E-state index in [1.165, 1.54) is 11.3 Å². The first kappa shape index (κ1) is 17.0. The highest BCUT2D eigenvalue weighted by molar-refractivity contribution is 7.08. The van der Waals surface area contributed by atoms with Crippen molar-refractivity contribution in [3.63, 3.8) is 0 Å². The molecule has 0 spiro atoms. The fraction of sp³-hybridized carbons (Fsp3) is 0.625. The van der Waals surface area contributed by atoms with Crippen LogP contribution in [0.3, 0.4) is 0 Å². The molecule has 1 aliphatic rings. The molecule has 1 saturated heterocycles. The van der Waals surface area contributed by atoms with Crippen molar-refractivity contribution in [1.29, 1.82) is 0 Å². The zero-order chi connectivity index (χ0) is 15.8. The fourth-order valence-corrected chi connectivity index (χ4v) is 3.19. The lowest BCUT2D eigenvalue weighted by Gasteiger charge is -2.34. The van der Waals surface area contributed by atoms with Crippen LogP contribution in [-0.2, 0) is 4.79 Å². The number of hydrogen-bond acceptors (Lipinski definition) is 4. The van der Waals surface area contributed by atoms with Crippen molar-refractivity contribution in [3.05, 3.63) is 22.4 Å². The van der Waals surface area contributed by atoms with E-state index in [4.69, 9.17) is 0 Å². The zero-order valence-electron chi connectivity index (χ0n) is 13.1. The number of piperidine rings is 1. The number of carbonyl (C=O) groups is 2. The molecule has 0 radical (unpaired) electrons. The van der Waals surface area contributed by atoms with Crippen LogP contribution in [0.1, 0.15) is 43.0 Å². The Morgan fingerprint density at radius 2 is 2.09 bits per heavy atom. The molecule has 5 nitrogen and oxygen atoms in total. The third kappa shape index (κ3) is 5.42. The van der Waals surface area contributed by atoms with Crippen LogP contribution in [0.25, 0.3) is 0 Å². The van der Waals surface area contributed by atoms with E-state index in [2.05, 4.69) is 22.9 Å². The van der Waals surface area contributed by atoms with Gasteiger partial charge in [0.2, 0.25) is 5.91 Å². The molecule has 122 valence electrons. The maximum atomic E-state index is 11.9. The molecule has 2 rings (SSSR count). The maximum absolute atomic E-state index is 11.9. The molecule has 1 fully saturated rings. The van der Waals surface area contributed by atoms with Gasteiger partial charge in [0.05, 0.1) is 0 Å². The van der Waals surface area contributed by atoms with Gasteiger partial charge in [0.15, 0.2) is 0 Å². The average molecular weight is 323 g/mol. The Labute approximate surface area is 135 Å². The third-order valence-electron chi connectivity index (χ3n) is 4.17. The van der Waals surface area contributed by atoms with Crippen LogP contribution in [-0.4, -0.2) is 38.0 Å². The highest BCUT2D eigenvalue weighted by Crippen LogP contribution is 2.26. The SMILES string of the molecule is CC1(CNC(=O)CCCNC(=O)c2ccsc2)CCNCC1. The van der Waals surface area contributed by atoms with E-state index in [1.807, 2.05) is 10.8 Å². The molecule has 0 aliphatic carbocycles. The van der Waals surface area contributed by atoms with Gasteiger partial charge in [-0.05, 0) is 49.2 Å². The summed E-state index contributed by atoms with van der Waals surface area (Å²) < 4.78 is 0. The van der Waals surface area contributed by atoms with E-state index in [0.717, 1.165) is 32.5 Å². The molecule has 2 amide bonds.